The highest BCUT2D eigenvalue weighted by atomic mass is 15.1. The molecule has 0 saturated heterocycles. The van der Waals surface area contributed by atoms with Crippen molar-refractivity contribution in [1.82, 2.24) is 9.55 Å². The van der Waals surface area contributed by atoms with Gasteiger partial charge in [0.1, 0.15) is 6.07 Å². The van der Waals surface area contributed by atoms with E-state index in [4.69, 9.17) is 0 Å². The molecule has 120 valence electrons. The lowest BCUT2D eigenvalue weighted by Gasteiger charge is -2.06. The number of rotatable bonds is 4. The topological polar surface area (TPSA) is 41.6 Å². The molecule has 0 atom stereocenters. The number of imidazole rings is 1. The van der Waals surface area contributed by atoms with Crippen LogP contribution in [0, 0.1) is 11.3 Å². The number of aromatic nitrogens is 2. The van der Waals surface area contributed by atoms with E-state index < -0.39 is 0 Å². The zero-order chi connectivity index (χ0) is 17.1. The Morgan fingerprint density at radius 1 is 1.17 bits per heavy atom. The van der Waals surface area contributed by atoms with Crippen molar-refractivity contribution < 1.29 is 0 Å². The lowest BCUT2D eigenvalue weighted by molar-refractivity contribution is 0.775. The lowest BCUT2D eigenvalue weighted by atomic mass is 10.0. The van der Waals surface area contributed by atoms with E-state index >= 15 is 0 Å². The Bertz CT molecular complexity index is 922. The van der Waals surface area contributed by atoms with Crippen molar-refractivity contribution in [3.05, 3.63) is 65.5 Å². The summed E-state index contributed by atoms with van der Waals surface area (Å²) in [5.74, 6) is 1.23. The first-order chi connectivity index (χ1) is 11.6. The third-order valence-corrected chi connectivity index (χ3v) is 4.25. The molecule has 0 aliphatic heterocycles. The van der Waals surface area contributed by atoms with Gasteiger partial charge in [-0.1, -0.05) is 50.2 Å². The summed E-state index contributed by atoms with van der Waals surface area (Å²) in [6.07, 6.45) is 1.91. The SMILES string of the molecule is CCn1c(/C(C#N)=C\c2ccc(C(C)C)cc2)nc2ccccc21. The van der Waals surface area contributed by atoms with Gasteiger partial charge in [0.15, 0.2) is 5.82 Å². The van der Waals surface area contributed by atoms with Crippen molar-refractivity contribution in [3.63, 3.8) is 0 Å². The number of para-hydroxylation sites is 2. The molecule has 3 nitrogen and oxygen atoms in total. The van der Waals surface area contributed by atoms with Crippen LogP contribution in [-0.4, -0.2) is 9.55 Å². The first-order valence-electron chi connectivity index (χ1n) is 8.31. The smallest absolute Gasteiger partial charge is 0.151 e. The van der Waals surface area contributed by atoms with Crippen LogP contribution in [0.15, 0.2) is 48.5 Å². The van der Waals surface area contributed by atoms with E-state index in [1.807, 2.05) is 30.3 Å². The van der Waals surface area contributed by atoms with Crippen LogP contribution in [0.5, 0.6) is 0 Å². The summed E-state index contributed by atoms with van der Waals surface area (Å²) in [5, 5.41) is 9.66. The van der Waals surface area contributed by atoms with Gasteiger partial charge in [0.05, 0.1) is 16.6 Å². The molecule has 0 aliphatic carbocycles. The first-order valence-corrected chi connectivity index (χ1v) is 8.31. The molecular formula is C21H21N3. The number of aryl methyl sites for hydroxylation is 1. The Labute approximate surface area is 142 Å². The van der Waals surface area contributed by atoms with Gasteiger partial charge in [-0.3, -0.25) is 0 Å². The average molecular weight is 315 g/mol. The van der Waals surface area contributed by atoms with Crippen LogP contribution in [0.1, 0.15) is 43.6 Å². The normalized spacial score (nSPS) is 11.9. The minimum Gasteiger partial charge on any atom is -0.324 e. The third-order valence-electron chi connectivity index (χ3n) is 4.25. The quantitative estimate of drug-likeness (QED) is 0.617. The van der Waals surface area contributed by atoms with Crippen molar-refractivity contribution in [3.8, 4) is 6.07 Å². The Morgan fingerprint density at radius 2 is 1.88 bits per heavy atom. The molecule has 3 rings (SSSR count). The predicted molar refractivity (Wildman–Crippen MR) is 99.4 cm³/mol. The van der Waals surface area contributed by atoms with Crippen molar-refractivity contribution in [2.75, 3.05) is 0 Å². The summed E-state index contributed by atoms with van der Waals surface area (Å²) < 4.78 is 2.09. The summed E-state index contributed by atoms with van der Waals surface area (Å²) in [6, 6.07) is 18.7. The molecule has 1 aromatic heterocycles. The van der Waals surface area contributed by atoms with Gasteiger partial charge >= 0.3 is 0 Å². The summed E-state index contributed by atoms with van der Waals surface area (Å²) >= 11 is 0. The highest BCUT2D eigenvalue weighted by Gasteiger charge is 2.13. The maximum Gasteiger partial charge on any atom is 0.151 e. The van der Waals surface area contributed by atoms with Crippen molar-refractivity contribution in [1.29, 1.82) is 5.26 Å². The monoisotopic (exact) mass is 315 g/mol. The molecule has 0 unspecified atom stereocenters. The summed E-state index contributed by atoms with van der Waals surface area (Å²) in [6.45, 7) is 7.20. The molecular weight excluding hydrogens is 294 g/mol. The maximum absolute atomic E-state index is 9.66. The number of fused-ring (bicyclic) bond motifs is 1. The van der Waals surface area contributed by atoms with Crippen LogP contribution in [0.4, 0.5) is 0 Å². The summed E-state index contributed by atoms with van der Waals surface area (Å²) in [4.78, 5) is 4.67. The molecule has 24 heavy (non-hydrogen) atoms. The van der Waals surface area contributed by atoms with Crippen LogP contribution >= 0.6 is 0 Å². The van der Waals surface area contributed by atoms with Gasteiger partial charge in [-0.25, -0.2) is 4.98 Å². The molecule has 3 heteroatoms. The number of benzene rings is 2. The van der Waals surface area contributed by atoms with E-state index in [-0.39, 0.29) is 0 Å². The summed E-state index contributed by atoms with van der Waals surface area (Å²) in [5.41, 5.74) is 4.89. The zero-order valence-corrected chi connectivity index (χ0v) is 14.3. The Kier molecular flexibility index (Phi) is 4.48. The van der Waals surface area contributed by atoms with E-state index in [0.717, 1.165) is 29.0 Å². The van der Waals surface area contributed by atoms with Crippen molar-refractivity contribution >= 4 is 22.7 Å². The number of hydrogen-bond acceptors (Lipinski definition) is 2. The largest absolute Gasteiger partial charge is 0.324 e. The number of hydrogen-bond donors (Lipinski definition) is 0. The van der Waals surface area contributed by atoms with E-state index in [1.54, 1.807) is 0 Å². The highest BCUT2D eigenvalue weighted by molar-refractivity contribution is 5.90. The Morgan fingerprint density at radius 3 is 2.50 bits per heavy atom. The fraction of sp³-hybridized carbons (Fsp3) is 0.238. The molecule has 0 saturated carbocycles. The maximum atomic E-state index is 9.66. The molecule has 0 fully saturated rings. The van der Waals surface area contributed by atoms with Gasteiger partial charge in [-0.2, -0.15) is 5.26 Å². The van der Waals surface area contributed by atoms with E-state index in [2.05, 4.69) is 60.7 Å². The van der Waals surface area contributed by atoms with Crippen molar-refractivity contribution in [2.45, 2.75) is 33.2 Å². The molecule has 0 spiro atoms. The molecule has 2 aromatic carbocycles. The van der Waals surface area contributed by atoms with Crippen molar-refractivity contribution in [2.24, 2.45) is 0 Å². The van der Waals surface area contributed by atoms with Crippen LogP contribution in [0.3, 0.4) is 0 Å². The Balaban J connectivity index is 2.07. The molecule has 0 amide bonds. The van der Waals surface area contributed by atoms with Gasteiger partial charge in [0, 0.05) is 6.54 Å². The second-order valence-electron chi connectivity index (χ2n) is 6.16. The second-order valence-corrected chi connectivity index (χ2v) is 6.16. The van der Waals surface area contributed by atoms with Gasteiger partial charge in [-0.15, -0.1) is 0 Å². The minimum atomic E-state index is 0.503. The van der Waals surface area contributed by atoms with E-state index in [0.29, 0.717) is 11.5 Å². The van der Waals surface area contributed by atoms with Gasteiger partial charge < -0.3 is 4.57 Å². The fourth-order valence-corrected chi connectivity index (χ4v) is 2.89. The third kappa shape index (κ3) is 2.96. The average Bonchev–Trinajstić information content (AvgIpc) is 2.98. The van der Waals surface area contributed by atoms with E-state index in [9.17, 15) is 5.26 Å². The molecule has 0 N–H and O–H groups in total. The molecule has 1 heterocycles. The predicted octanol–water partition coefficient (Wildman–Crippen LogP) is 5.24. The standard InChI is InChI=1S/C21H21N3/c1-4-24-20-8-6-5-7-19(20)23-21(24)18(14-22)13-16-9-11-17(12-10-16)15(2)3/h5-13,15H,4H2,1-3H3/b18-13-. The van der Waals surface area contributed by atoms with Crippen LogP contribution in [0.25, 0.3) is 22.7 Å². The fourth-order valence-electron chi connectivity index (χ4n) is 2.89. The lowest BCUT2D eigenvalue weighted by Crippen LogP contribution is -2.00. The van der Waals surface area contributed by atoms with Crippen LogP contribution in [-0.2, 0) is 6.54 Å². The van der Waals surface area contributed by atoms with Gasteiger partial charge in [0.25, 0.3) is 0 Å². The molecule has 0 radical (unpaired) electrons. The van der Waals surface area contributed by atoms with Gasteiger partial charge in [0.2, 0.25) is 0 Å². The summed E-state index contributed by atoms with van der Waals surface area (Å²) in [7, 11) is 0. The zero-order valence-electron chi connectivity index (χ0n) is 14.3. The second kappa shape index (κ2) is 6.72. The first kappa shape index (κ1) is 16.0. The van der Waals surface area contributed by atoms with Crippen LogP contribution < -0.4 is 0 Å². The number of nitrogens with zero attached hydrogens (tertiary/aromatic N) is 3. The number of allylic oxidation sites excluding steroid dienone is 1. The Hall–Kier alpha value is -2.86. The van der Waals surface area contributed by atoms with Gasteiger partial charge in [-0.05, 0) is 42.2 Å². The highest BCUT2D eigenvalue weighted by Crippen LogP contribution is 2.24. The van der Waals surface area contributed by atoms with E-state index in [1.165, 1.54) is 5.56 Å². The molecule has 0 bridgehead atoms. The number of nitriles is 1. The minimum absolute atomic E-state index is 0.503. The van der Waals surface area contributed by atoms with Crippen LogP contribution in [0.2, 0.25) is 0 Å². The molecule has 3 aromatic rings. The molecule has 0 aliphatic rings.